The van der Waals surface area contributed by atoms with E-state index in [1.807, 2.05) is 0 Å². The Bertz CT molecular complexity index is 131. The molecule has 1 aliphatic carbocycles. The van der Waals surface area contributed by atoms with E-state index in [4.69, 9.17) is 0 Å². The summed E-state index contributed by atoms with van der Waals surface area (Å²) in [5.41, 5.74) is 3.39. The monoisotopic (exact) mass is 124 g/mol. The van der Waals surface area contributed by atoms with E-state index in [0.717, 1.165) is 5.92 Å². The molecule has 0 heterocycles. The maximum atomic E-state index is 2.31. The van der Waals surface area contributed by atoms with Crippen molar-refractivity contribution < 1.29 is 0 Å². The lowest BCUT2D eigenvalue weighted by Crippen LogP contribution is -2.12. The average Bonchev–Trinajstić information content (AvgIpc) is 1.88. The second-order valence-corrected chi connectivity index (χ2v) is 3.14. The van der Waals surface area contributed by atoms with Crippen LogP contribution in [0, 0.1) is 5.92 Å². The Labute approximate surface area is 58.0 Å². The van der Waals surface area contributed by atoms with Gasteiger partial charge in [-0.2, -0.15) is 0 Å². The van der Waals surface area contributed by atoms with Gasteiger partial charge in [-0.15, -0.1) is 0 Å². The van der Waals surface area contributed by atoms with Gasteiger partial charge < -0.3 is 0 Å². The molecule has 0 aromatic carbocycles. The molecule has 0 aromatic heterocycles. The van der Waals surface area contributed by atoms with E-state index in [1.54, 1.807) is 11.1 Å². The van der Waals surface area contributed by atoms with Gasteiger partial charge in [0.05, 0.1) is 0 Å². The summed E-state index contributed by atoms with van der Waals surface area (Å²) < 4.78 is 0. The standard InChI is InChI=1S/C9H16/c1-4-5-9-6-7(2)8(9)3/h7H,4-6H2,1-3H3. The second-order valence-electron chi connectivity index (χ2n) is 3.14. The molecule has 1 rings (SSSR count). The quantitative estimate of drug-likeness (QED) is 0.496. The van der Waals surface area contributed by atoms with Gasteiger partial charge in [0.2, 0.25) is 0 Å². The van der Waals surface area contributed by atoms with Crippen molar-refractivity contribution in [3.05, 3.63) is 11.1 Å². The first-order chi connectivity index (χ1) is 4.25. The van der Waals surface area contributed by atoms with Crippen LogP contribution in [0.1, 0.15) is 40.0 Å². The topological polar surface area (TPSA) is 0 Å². The fourth-order valence-corrected chi connectivity index (χ4v) is 1.50. The largest absolute Gasteiger partial charge is 0.0710 e. The molecule has 0 nitrogen and oxygen atoms in total. The third-order valence-corrected chi connectivity index (χ3v) is 2.40. The number of hydrogen-bond acceptors (Lipinski definition) is 0. The lowest BCUT2D eigenvalue weighted by molar-refractivity contribution is 0.555. The highest BCUT2D eigenvalue weighted by Gasteiger charge is 2.19. The fourth-order valence-electron chi connectivity index (χ4n) is 1.50. The molecule has 0 saturated heterocycles. The van der Waals surface area contributed by atoms with Crippen molar-refractivity contribution in [2.24, 2.45) is 5.92 Å². The van der Waals surface area contributed by atoms with Gasteiger partial charge >= 0.3 is 0 Å². The van der Waals surface area contributed by atoms with E-state index in [9.17, 15) is 0 Å². The van der Waals surface area contributed by atoms with Gasteiger partial charge in [0, 0.05) is 0 Å². The first-order valence-corrected chi connectivity index (χ1v) is 3.94. The molecule has 9 heavy (non-hydrogen) atoms. The lowest BCUT2D eigenvalue weighted by Gasteiger charge is -2.28. The second kappa shape index (κ2) is 2.55. The summed E-state index contributed by atoms with van der Waals surface area (Å²) in [7, 11) is 0. The predicted molar refractivity (Wildman–Crippen MR) is 41.4 cm³/mol. The van der Waals surface area contributed by atoms with E-state index in [2.05, 4.69) is 20.8 Å². The highest BCUT2D eigenvalue weighted by molar-refractivity contribution is 5.25. The molecule has 1 aliphatic rings. The Balaban J connectivity index is 2.44. The number of allylic oxidation sites excluding steroid dienone is 2. The zero-order valence-corrected chi connectivity index (χ0v) is 6.70. The van der Waals surface area contributed by atoms with E-state index in [0.29, 0.717) is 0 Å². The maximum Gasteiger partial charge on any atom is -0.0194 e. The summed E-state index contributed by atoms with van der Waals surface area (Å²) in [6.45, 7) is 6.84. The van der Waals surface area contributed by atoms with Crippen LogP contribution in [0.4, 0.5) is 0 Å². The van der Waals surface area contributed by atoms with Gasteiger partial charge in [0.15, 0.2) is 0 Å². The lowest BCUT2D eigenvalue weighted by atomic mass is 9.78. The van der Waals surface area contributed by atoms with Gasteiger partial charge in [0.25, 0.3) is 0 Å². The number of hydrogen-bond donors (Lipinski definition) is 0. The van der Waals surface area contributed by atoms with Crippen molar-refractivity contribution in [1.29, 1.82) is 0 Å². The van der Waals surface area contributed by atoms with Crippen LogP contribution in [-0.2, 0) is 0 Å². The molecule has 0 heteroatoms. The molecule has 0 saturated carbocycles. The zero-order chi connectivity index (χ0) is 6.85. The van der Waals surface area contributed by atoms with Crippen LogP contribution in [0.25, 0.3) is 0 Å². The minimum Gasteiger partial charge on any atom is -0.0710 e. The van der Waals surface area contributed by atoms with Crippen molar-refractivity contribution in [2.45, 2.75) is 40.0 Å². The first-order valence-electron chi connectivity index (χ1n) is 3.94. The molecule has 0 N–H and O–H groups in total. The summed E-state index contributed by atoms with van der Waals surface area (Å²) in [5.74, 6) is 0.895. The summed E-state index contributed by atoms with van der Waals surface area (Å²) in [6.07, 6.45) is 4.04. The summed E-state index contributed by atoms with van der Waals surface area (Å²) in [5, 5.41) is 0. The normalized spacial score (nSPS) is 26.3. The molecular formula is C9H16. The van der Waals surface area contributed by atoms with E-state index < -0.39 is 0 Å². The average molecular weight is 124 g/mol. The van der Waals surface area contributed by atoms with Crippen LogP contribution in [0.15, 0.2) is 11.1 Å². The predicted octanol–water partition coefficient (Wildman–Crippen LogP) is 3.14. The Morgan fingerprint density at radius 3 is 2.56 bits per heavy atom. The van der Waals surface area contributed by atoms with Crippen molar-refractivity contribution >= 4 is 0 Å². The Morgan fingerprint density at radius 1 is 1.56 bits per heavy atom. The highest BCUT2D eigenvalue weighted by atomic mass is 14.2. The van der Waals surface area contributed by atoms with E-state index >= 15 is 0 Å². The van der Waals surface area contributed by atoms with Crippen molar-refractivity contribution in [3.63, 3.8) is 0 Å². The summed E-state index contributed by atoms with van der Waals surface area (Å²) in [6, 6.07) is 0. The third kappa shape index (κ3) is 1.17. The SMILES string of the molecule is CCCC1=C(C)C(C)C1. The van der Waals surface area contributed by atoms with Crippen LogP contribution in [0.2, 0.25) is 0 Å². The fraction of sp³-hybridized carbons (Fsp3) is 0.778. The molecule has 52 valence electrons. The molecular weight excluding hydrogens is 108 g/mol. The van der Waals surface area contributed by atoms with E-state index in [-0.39, 0.29) is 0 Å². The molecule has 0 spiro atoms. The van der Waals surface area contributed by atoms with Gasteiger partial charge in [-0.25, -0.2) is 0 Å². The van der Waals surface area contributed by atoms with Crippen LogP contribution in [0.5, 0.6) is 0 Å². The Hall–Kier alpha value is -0.260. The van der Waals surface area contributed by atoms with Crippen molar-refractivity contribution in [3.8, 4) is 0 Å². The van der Waals surface area contributed by atoms with Crippen molar-refractivity contribution in [1.82, 2.24) is 0 Å². The van der Waals surface area contributed by atoms with Gasteiger partial charge in [0.1, 0.15) is 0 Å². The maximum absolute atomic E-state index is 2.31. The smallest absolute Gasteiger partial charge is 0.0194 e. The van der Waals surface area contributed by atoms with Crippen LogP contribution < -0.4 is 0 Å². The third-order valence-electron chi connectivity index (χ3n) is 2.40. The Kier molecular flexibility index (Phi) is 1.94. The van der Waals surface area contributed by atoms with Gasteiger partial charge in [-0.1, -0.05) is 31.4 Å². The molecule has 0 fully saturated rings. The minimum atomic E-state index is 0.895. The van der Waals surface area contributed by atoms with Crippen LogP contribution in [0.3, 0.4) is 0 Å². The molecule has 1 atom stereocenters. The van der Waals surface area contributed by atoms with Crippen molar-refractivity contribution in [2.75, 3.05) is 0 Å². The zero-order valence-electron chi connectivity index (χ0n) is 6.70. The first kappa shape index (κ1) is 6.85. The van der Waals surface area contributed by atoms with Gasteiger partial charge in [-0.3, -0.25) is 0 Å². The molecule has 0 amide bonds. The summed E-state index contributed by atoms with van der Waals surface area (Å²) in [4.78, 5) is 0. The van der Waals surface area contributed by atoms with Crippen LogP contribution >= 0.6 is 0 Å². The summed E-state index contributed by atoms with van der Waals surface area (Å²) >= 11 is 0. The molecule has 0 aliphatic heterocycles. The number of rotatable bonds is 2. The Morgan fingerprint density at radius 2 is 2.22 bits per heavy atom. The molecule has 1 unspecified atom stereocenters. The molecule has 0 radical (unpaired) electrons. The molecule has 0 aromatic rings. The van der Waals surface area contributed by atoms with Gasteiger partial charge in [-0.05, 0) is 25.7 Å². The molecule has 0 bridgehead atoms. The van der Waals surface area contributed by atoms with Crippen LogP contribution in [-0.4, -0.2) is 0 Å². The minimum absolute atomic E-state index is 0.895. The van der Waals surface area contributed by atoms with E-state index in [1.165, 1.54) is 19.3 Å². The highest BCUT2D eigenvalue weighted by Crippen LogP contribution is 2.36.